The number of hydrogen-bond donors (Lipinski definition) is 0. The van der Waals surface area contributed by atoms with E-state index in [2.05, 4.69) is 57.2 Å². The lowest BCUT2D eigenvalue weighted by Gasteiger charge is -2.18. The Morgan fingerprint density at radius 3 is 0.699 bits per heavy atom. The largest absolute Gasteiger partial charge is 0.462 e. The third kappa shape index (κ3) is 70.3. The highest BCUT2D eigenvalue weighted by Crippen LogP contribution is 2.19. The lowest BCUT2D eigenvalue weighted by molar-refractivity contribution is -0.167. The molecule has 6 nitrogen and oxygen atoms in total. The Kier molecular flexibility index (Phi) is 70.0. The smallest absolute Gasteiger partial charge is 0.306 e. The Morgan fingerprint density at radius 2 is 0.434 bits per heavy atom. The van der Waals surface area contributed by atoms with E-state index < -0.39 is 6.10 Å². The summed E-state index contributed by atoms with van der Waals surface area (Å²) in [7, 11) is 0. The molecule has 0 fully saturated rings. The molecule has 0 amide bonds. The standard InChI is InChI=1S/C77H144O6/c1-4-7-10-13-16-19-22-24-26-28-30-31-32-33-34-35-36-37-38-39-40-41-42-43-44-45-47-48-50-52-55-58-61-64-67-70-76(79)82-73-74(72-81-75(78)69-66-63-60-57-54-21-18-15-12-9-6-3)83-77(80)71-68-65-62-59-56-53-51-49-46-29-27-25-23-20-17-14-11-8-5-2/h17,20,25,27,46,49,74H,4-16,18-19,21-24,26,28-45,47-48,50-73H2,1-3H3/b20-17-,27-25-,49-46-. The first-order valence-electron chi connectivity index (χ1n) is 37.5. The SMILES string of the molecule is CCCCC/C=C\C/C=C\C/C=C\CCCCCCCCC(=O)OC(COC(=O)CCCCCCCCCCCCC)COC(=O)CCCCCCCCCCCCCCCCCCCCCCCCCCCCCCCCCCCCC. The van der Waals surface area contributed by atoms with Crippen LogP contribution in [0.4, 0.5) is 0 Å². The van der Waals surface area contributed by atoms with E-state index in [1.807, 2.05) is 0 Å². The van der Waals surface area contributed by atoms with Gasteiger partial charge in [-0.3, -0.25) is 14.4 Å². The zero-order valence-corrected chi connectivity index (χ0v) is 56.2. The maximum atomic E-state index is 12.9. The fourth-order valence-electron chi connectivity index (χ4n) is 11.5. The molecule has 1 unspecified atom stereocenters. The van der Waals surface area contributed by atoms with E-state index >= 15 is 0 Å². The topological polar surface area (TPSA) is 78.9 Å². The Bertz CT molecular complexity index is 1380. The maximum Gasteiger partial charge on any atom is 0.306 e. The van der Waals surface area contributed by atoms with Crippen molar-refractivity contribution in [3.05, 3.63) is 36.5 Å². The molecule has 1 atom stereocenters. The molecule has 0 bridgehead atoms. The van der Waals surface area contributed by atoms with E-state index in [0.29, 0.717) is 19.3 Å². The third-order valence-electron chi connectivity index (χ3n) is 17.1. The maximum absolute atomic E-state index is 12.9. The van der Waals surface area contributed by atoms with E-state index in [9.17, 15) is 14.4 Å². The summed E-state index contributed by atoms with van der Waals surface area (Å²) >= 11 is 0. The first-order valence-corrected chi connectivity index (χ1v) is 37.5. The number of ether oxygens (including phenoxy) is 3. The van der Waals surface area contributed by atoms with Crippen LogP contribution >= 0.6 is 0 Å². The molecule has 0 radical (unpaired) electrons. The van der Waals surface area contributed by atoms with Crippen molar-refractivity contribution < 1.29 is 28.6 Å². The minimum Gasteiger partial charge on any atom is -0.462 e. The van der Waals surface area contributed by atoms with Crippen LogP contribution in [0.25, 0.3) is 0 Å². The molecule has 0 aromatic rings. The van der Waals surface area contributed by atoms with Gasteiger partial charge in [0.05, 0.1) is 0 Å². The highest BCUT2D eigenvalue weighted by Gasteiger charge is 2.20. The van der Waals surface area contributed by atoms with E-state index in [4.69, 9.17) is 14.2 Å². The minimum atomic E-state index is -0.777. The Morgan fingerprint density at radius 1 is 0.241 bits per heavy atom. The minimum absolute atomic E-state index is 0.0722. The first-order chi connectivity index (χ1) is 41.0. The average Bonchev–Trinajstić information content (AvgIpc) is 3.48. The van der Waals surface area contributed by atoms with Crippen molar-refractivity contribution in [2.75, 3.05) is 13.2 Å². The molecular formula is C77H144O6. The second-order valence-electron chi connectivity index (χ2n) is 25.6. The number of allylic oxidation sites excluding steroid dienone is 6. The van der Waals surface area contributed by atoms with Crippen molar-refractivity contribution >= 4 is 17.9 Å². The summed E-state index contributed by atoms with van der Waals surface area (Å²) in [5.74, 6) is -0.858. The number of carbonyl (C=O) groups is 3. The Balaban J connectivity index is 4.04. The van der Waals surface area contributed by atoms with Crippen molar-refractivity contribution in [1.82, 2.24) is 0 Å². The van der Waals surface area contributed by atoms with Gasteiger partial charge in [0.15, 0.2) is 6.10 Å². The van der Waals surface area contributed by atoms with Crippen LogP contribution in [0.15, 0.2) is 36.5 Å². The summed E-state index contributed by atoms with van der Waals surface area (Å²) in [5, 5.41) is 0. The molecule has 0 saturated carbocycles. The van der Waals surface area contributed by atoms with Gasteiger partial charge < -0.3 is 14.2 Å². The monoisotopic (exact) mass is 1170 g/mol. The summed E-state index contributed by atoms with van der Waals surface area (Å²) in [6.45, 7) is 6.67. The first kappa shape index (κ1) is 80.6. The van der Waals surface area contributed by atoms with Crippen LogP contribution in [-0.4, -0.2) is 37.2 Å². The van der Waals surface area contributed by atoms with Crippen molar-refractivity contribution in [2.24, 2.45) is 0 Å². The third-order valence-corrected chi connectivity index (χ3v) is 17.1. The van der Waals surface area contributed by atoms with Gasteiger partial charge in [0, 0.05) is 19.3 Å². The molecule has 0 N–H and O–H groups in total. The molecule has 83 heavy (non-hydrogen) atoms. The van der Waals surface area contributed by atoms with Gasteiger partial charge in [0.1, 0.15) is 13.2 Å². The van der Waals surface area contributed by atoms with Crippen molar-refractivity contribution in [2.45, 2.75) is 425 Å². The van der Waals surface area contributed by atoms with Gasteiger partial charge in [-0.05, 0) is 57.8 Å². The lowest BCUT2D eigenvalue weighted by atomic mass is 10.0. The lowest BCUT2D eigenvalue weighted by Crippen LogP contribution is -2.30. The summed E-state index contributed by atoms with van der Waals surface area (Å²) in [4.78, 5) is 38.4. The van der Waals surface area contributed by atoms with E-state index in [1.54, 1.807) is 0 Å². The van der Waals surface area contributed by atoms with Crippen LogP contribution in [-0.2, 0) is 28.6 Å². The molecule has 0 aliphatic carbocycles. The molecule has 488 valence electrons. The van der Waals surface area contributed by atoms with Gasteiger partial charge in [-0.1, -0.05) is 378 Å². The van der Waals surface area contributed by atoms with Crippen LogP contribution in [0, 0.1) is 0 Å². The van der Waals surface area contributed by atoms with Crippen molar-refractivity contribution in [3.8, 4) is 0 Å². The highest BCUT2D eigenvalue weighted by atomic mass is 16.6. The molecule has 0 aromatic heterocycles. The van der Waals surface area contributed by atoms with E-state index in [0.717, 1.165) is 77.0 Å². The van der Waals surface area contributed by atoms with Gasteiger partial charge in [0.25, 0.3) is 0 Å². The van der Waals surface area contributed by atoms with Gasteiger partial charge in [-0.25, -0.2) is 0 Å². The predicted octanol–water partition coefficient (Wildman–Crippen LogP) is 25.9. The summed E-state index contributed by atoms with van der Waals surface area (Å²) in [6, 6.07) is 0. The van der Waals surface area contributed by atoms with Crippen LogP contribution in [0.5, 0.6) is 0 Å². The Labute approximate surface area is 518 Å². The molecule has 6 heteroatoms. The molecule has 0 rings (SSSR count). The normalized spacial score (nSPS) is 12.2. The summed E-state index contributed by atoms with van der Waals surface area (Å²) < 4.78 is 17.0. The van der Waals surface area contributed by atoms with Gasteiger partial charge >= 0.3 is 17.9 Å². The summed E-state index contributed by atoms with van der Waals surface area (Å²) in [6.07, 6.45) is 90.7. The predicted molar refractivity (Wildman–Crippen MR) is 362 cm³/mol. The van der Waals surface area contributed by atoms with Gasteiger partial charge in [0.2, 0.25) is 0 Å². The van der Waals surface area contributed by atoms with Gasteiger partial charge in [-0.15, -0.1) is 0 Å². The highest BCUT2D eigenvalue weighted by molar-refractivity contribution is 5.71. The average molecular weight is 1170 g/mol. The number of carbonyl (C=O) groups excluding carboxylic acids is 3. The van der Waals surface area contributed by atoms with Crippen LogP contribution < -0.4 is 0 Å². The fourth-order valence-corrected chi connectivity index (χ4v) is 11.5. The molecule has 0 heterocycles. The summed E-state index contributed by atoms with van der Waals surface area (Å²) in [5.41, 5.74) is 0. The Hall–Kier alpha value is -2.37. The molecule has 0 saturated heterocycles. The molecular weight excluding hydrogens is 1020 g/mol. The van der Waals surface area contributed by atoms with Crippen LogP contribution in [0.2, 0.25) is 0 Å². The molecule has 0 aromatic carbocycles. The van der Waals surface area contributed by atoms with Crippen molar-refractivity contribution in [1.29, 1.82) is 0 Å². The fraction of sp³-hybridized carbons (Fsp3) is 0.883. The quantitative estimate of drug-likeness (QED) is 0.0261. The van der Waals surface area contributed by atoms with E-state index in [1.165, 1.54) is 302 Å². The molecule has 0 aliphatic heterocycles. The second-order valence-corrected chi connectivity index (χ2v) is 25.6. The van der Waals surface area contributed by atoms with Crippen LogP contribution in [0.3, 0.4) is 0 Å². The molecule has 0 spiro atoms. The van der Waals surface area contributed by atoms with E-state index in [-0.39, 0.29) is 31.1 Å². The number of esters is 3. The number of rotatable bonds is 70. The second kappa shape index (κ2) is 72.1. The molecule has 0 aliphatic rings. The van der Waals surface area contributed by atoms with Gasteiger partial charge in [-0.2, -0.15) is 0 Å². The number of hydrogen-bond acceptors (Lipinski definition) is 6. The van der Waals surface area contributed by atoms with Crippen molar-refractivity contribution in [3.63, 3.8) is 0 Å². The van der Waals surface area contributed by atoms with Crippen LogP contribution in [0.1, 0.15) is 419 Å². The zero-order chi connectivity index (χ0) is 59.9. The number of unbranched alkanes of at least 4 members (excludes halogenated alkanes) is 53. The zero-order valence-electron chi connectivity index (χ0n) is 56.2.